The number of nitrogens with one attached hydrogen (secondary N) is 1. The van der Waals surface area contributed by atoms with Gasteiger partial charge < -0.3 is 11.1 Å². The summed E-state index contributed by atoms with van der Waals surface area (Å²) in [6.07, 6.45) is 2.32. The van der Waals surface area contributed by atoms with Crippen LogP contribution in [0.1, 0.15) is 30.0 Å². The Kier molecular flexibility index (Phi) is 5.52. The lowest BCUT2D eigenvalue weighted by Gasteiger charge is -2.31. The summed E-state index contributed by atoms with van der Waals surface area (Å²) in [6.45, 7) is 2.26. The number of hydrogen-bond donors (Lipinski definition) is 2. The van der Waals surface area contributed by atoms with E-state index in [1.807, 2.05) is 36.4 Å². The van der Waals surface area contributed by atoms with Gasteiger partial charge in [-0.2, -0.15) is 0 Å². The number of benzene rings is 3. The highest BCUT2D eigenvalue weighted by atomic mass is 14.5. The molecule has 26 heavy (non-hydrogen) atoms. The average Bonchev–Trinajstić information content (AvgIpc) is 2.63. The number of rotatable bonds is 7. The molecule has 0 fully saturated rings. The van der Waals surface area contributed by atoms with Crippen molar-refractivity contribution in [2.24, 2.45) is 0 Å². The van der Waals surface area contributed by atoms with Crippen LogP contribution in [0.5, 0.6) is 0 Å². The van der Waals surface area contributed by atoms with E-state index < -0.39 is 0 Å². The first-order valence-electron chi connectivity index (χ1n) is 9.05. The topological polar surface area (TPSA) is 49.9 Å². The molecule has 0 bridgehead atoms. The minimum atomic E-state index is -0.138. The lowest BCUT2D eigenvalue weighted by Crippen LogP contribution is -2.29. The maximum absolute atomic E-state index is 8.61. The predicted octanol–water partition coefficient (Wildman–Crippen LogP) is 5.42. The number of anilines is 1. The molecule has 3 aromatic rings. The van der Waals surface area contributed by atoms with Gasteiger partial charge in [0.05, 0.1) is 0 Å². The van der Waals surface area contributed by atoms with E-state index in [-0.39, 0.29) is 5.41 Å². The standard InChI is InChI=1S/C24H26N2/c1-24(17-20-10-6-3-7-11-20,21-12-14-22(25)15-13-21)18-23(26)16-19-8-4-2-5-9-19/h2-15,26H,16-18,25H2,1H3. The molecule has 3 rings (SSSR count). The summed E-state index contributed by atoms with van der Waals surface area (Å²) in [4.78, 5) is 0. The van der Waals surface area contributed by atoms with E-state index in [0.717, 1.165) is 24.2 Å². The lowest BCUT2D eigenvalue weighted by molar-refractivity contribution is 0.485. The van der Waals surface area contributed by atoms with E-state index in [4.69, 9.17) is 11.1 Å². The van der Waals surface area contributed by atoms with Crippen molar-refractivity contribution >= 4 is 11.4 Å². The van der Waals surface area contributed by atoms with Crippen LogP contribution in [0.4, 0.5) is 5.69 Å². The molecule has 0 saturated heterocycles. The zero-order valence-electron chi connectivity index (χ0n) is 15.3. The third kappa shape index (κ3) is 4.60. The van der Waals surface area contributed by atoms with Crippen molar-refractivity contribution < 1.29 is 0 Å². The average molecular weight is 342 g/mol. The van der Waals surface area contributed by atoms with Gasteiger partial charge in [-0.1, -0.05) is 79.7 Å². The van der Waals surface area contributed by atoms with Crippen LogP contribution in [-0.4, -0.2) is 5.71 Å². The van der Waals surface area contributed by atoms with E-state index in [1.54, 1.807) is 0 Å². The molecule has 1 unspecified atom stereocenters. The maximum Gasteiger partial charge on any atom is 0.0314 e. The van der Waals surface area contributed by atoms with E-state index in [2.05, 4.69) is 55.5 Å². The molecule has 0 radical (unpaired) electrons. The minimum Gasteiger partial charge on any atom is -0.399 e. The van der Waals surface area contributed by atoms with Gasteiger partial charge in [-0.05, 0) is 41.7 Å². The fraction of sp³-hybridized carbons (Fsp3) is 0.208. The van der Waals surface area contributed by atoms with Crippen LogP contribution in [0.3, 0.4) is 0 Å². The molecule has 3 N–H and O–H groups in total. The molecule has 2 heteroatoms. The van der Waals surface area contributed by atoms with Crippen LogP contribution in [0.2, 0.25) is 0 Å². The first-order chi connectivity index (χ1) is 12.5. The summed E-state index contributed by atoms with van der Waals surface area (Å²) >= 11 is 0. The second kappa shape index (κ2) is 8.01. The third-order valence-corrected chi connectivity index (χ3v) is 4.91. The molecule has 0 aliphatic rings. The van der Waals surface area contributed by atoms with E-state index in [0.29, 0.717) is 6.42 Å². The van der Waals surface area contributed by atoms with E-state index in [9.17, 15) is 0 Å². The molecule has 132 valence electrons. The van der Waals surface area contributed by atoms with Crippen molar-refractivity contribution in [3.63, 3.8) is 0 Å². The summed E-state index contributed by atoms with van der Waals surface area (Å²) in [7, 11) is 0. The number of nitrogens with two attached hydrogens (primary N) is 1. The quantitative estimate of drug-likeness (QED) is 0.437. The predicted molar refractivity (Wildman–Crippen MR) is 111 cm³/mol. The highest BCUT2D eigenvalue weighted by molar-refractivity contribution is 5.85. The Labute approximate surface area is 156 Å². The number of hydrogen-bond acceptors (Lipinski definition) is 2. The number of nitrogen functional groups attached to an aromatic ring is 1. The molecule has 0 aliphatic heterocycles. The van der Waals surface area contributed by atoms with Crippen molar-refractivity contribution in [3.8, 4) is 0 Å². The fourth-order valence-corrected chi connectivity index (χ4v) is 3.57. The lowest BCUT2D eigenvalue weighted by atomic mass is 9.73. The normalized spacial score (nSPS) is 13.1. The van der Waals surface area contributed by atoms with Crippen LogP contribution in [-0.2, 0) is 18.3 Å². The van der Waals surface area contributed by atoms with Gasteiger partial charge in [0.15, 0.2) is 0 Å². The van der Waals surface area contributed by atoms with Crippen LogP contribution in [0.15, 0.2) is 84.9 Å². The highest BCUT2D eigenvalue weighted by Gasteiger charge is 2.28. The van der Waals surface area contributed by atoms with Gasteiger partial charge in [-0.3, -0.25) is 0 Å². The first kappa shape index (κ1) is 17.9. The summed E-state index contributed by atoms with van der Waals surface area (Å²) in [5, 5.41) is 8.61. The Morgan fingerprint density at radius 3 is 1.92 bits per heavy atom. The summed E-state index contributed by atoms with van der Waals surface area (Å²) in [6, 6.07) is 28.9. The van der Waals surface area contributed by atoms with Gasteiger partial charge >= 0.3 is 0 Å². The smallest absolute Gasteiger partial charge is 0.0314 e. The van der Waals surface area contributed by atoms with Crippen molar-refractivity contribution in [1.29, 1.82) is 5.41 Å². The molecule has 0 amide bonds. The highest BCUT2D eigenvalue weighted by Crippen LogP contribution is 2.33. The molecule has 0 spiro atoms. The Morgan fingerprint density at radius 1 is 0.808 bits per heavy atom. The molecule has 0 heterocycles. The van der Waals surface area contributed by atoms with Gasteiger partial charge in [-0.25, -0.2) is 0 Å². The Bertz CT molecular complexity index is 838. The van der Waals surface area contributed by atoms with Crippen LogP contribution >= 0.6 is 0 Å². The Balaban J connectivity index is 1.84. The largest absolute Gasteiger partial charge is 0.399 e. The summed E-state index contributed by atoms with van der Waals surface area (Å²) < 4.78 is 0. The Hall–Kier alpha value is -2.87. The van der Waals surface area contributed by atoms with Gasteiger partial charge in [0.25, 0.3) is 0 Å². The second-order valence-corrected chi connectivity index (χ2v) is 7.29. The summed E-state index contributed by atoms with van der Waals surface area (Å²) in [5.41, 5.74) is 11.0. The van der Waals surface area contributed by atoms with Crippen molar-refractivity contribution in [2.45, 2.75) is 31.6 Å². The van der Waals surface area contributed by atoms with Crippen molar-refractivity contribution in [1.82, 2.24) is 0 Å². The fourth-order valence-electron chi connectivity index (χ4n) is 3.57. The zero-order valence-corrected chi connectivity index (χ0v) is 15.3. The first-order valence-corrected chi connectivity index (χ1v) is 9.05. The SMILES string of the molecule is CC(CC(=N)Cc1ccccc1)(Cc1ccccc1)c1ccc(N)cc1. The van der Waals surface area contributed by atoms with Gasteiger partial charge in [-0.15, -0.1) is 0 Å². The molecule has 0 aromatic heterocycles. The van der Waals surface area contributed by atoms with Crippen LogP contribution in [0, 0.1) is 5.41 Å². The molecule has 1 atom stereocenters. The van der Waals surface area contributed by atoms with E-state index in [1.165, 1.54) is 16.7 Å². The molecule has 0 aliphatic carbocycles. The molecule has 3 aromatic carbocycles. The second-order valence-electron chi connectivity index (χ2n) is 7.29. The molecular weight excluding hydrogens is 316 g/mol. The molecule has 0 saturated carbocycles. The minimum absolute atomic E-state index is 0.138. The van der Waals surface area contributed by atoms with Gasteiger partial charge in [0.1, 0.15) is 0 Å². The third-order valence-electron chi connectivity index (χ3n) is 4.91. The summed E-state index contributed by atoms with van der Waals surface area (Å²) in [5.74, 6) is 0. The van der Waals surface area contributed by atoms with E-state index >= 15 is 0 Å². The van der Waals surface area contributed by atoms with Crippen LogP contribution in [0.25, 0.3) is 0 Å². The van der Waals surface area contributed by atoms with Crippen molar-refractivity contribution in [3.05, 3.63) is 102 Å². The Morgan fingerprint density at radius 2 is 1.35 bits per heavy atom. The van der Waals surface area contributed by atoms with Crippen LogP contribution < -0.4 is 5.73 Å². The van der Waals surface area contributed by atoms with Gasteiger partial charge in [0.2, 0.25) is 0 Å². The molecular formula is C24H26N2. The van der Waals surface area contributed by atoms with Crippen molar-refractivity contribution in [2.75, 3.05) is 5.73 Å². The van der Waals surface area contributed by atoms with Gasteiger partial charge in [0, 0.05) is 23.2 Å². The maximum atomic E-state index is 8.61. The molecule has 2 nitrogen and oxygen atoms in total. The monoisotopic (exact) mass is 342 g/mol. The zero-order chi connectivity index (χ0) is 18.4.